The Balaban J connectivity index is 2.98. The van der Waals surface area contributed by atoms with Gasteiger partial charge in [-0.25, -0.2) is 0 Å². The maximum Gasteiger partial charge on any atom is 0.307 e. The van der Waals surface area contributed by atoms with Crippen molar-refractivity contribution in [2.75, 3.05) is 27.9 Å². The van der Waals surface area contributed by atoms with Gasteiger partial charge in [-0.3, -0.25) is 4.79 Å². The number of nitrogens with two attached hydrogens (primary N) is 1. The molecule has 6 nitrogen and oxygen atoms in total. The van der Waals surface area contributed by atoms with Crippen molar-refractivity contribution in [3.05, 3.63) is 17.7 Å². The molecule has 1 rings (SSSR count). The Morgan fingerprint density at radius 3 is 2.09 bits per heavy atom. The van der Waals surface area contributed by atoms with Crippen LogP contribution >= 0.6 is 0 Å². The molecule has 1 aromatic rings. The number of hydrogen-bond donors (Lipinski definition) is 2. The van der Waals surface area contributed by atoms with E-state index in [9.17, 15) is 4.79 Å². The van der Waals surface area contributed by atoms with Crippen molar-refractivity contribution < 1.29 is 24.1 Å². The summed E-state index contributed by atoms with van der Waals surface area (Å²) in [6.07, 6.45) is 1.14. The minimum Gasteiger partial charge on any atom is -0.496 e. The van der Waals surface area contributed by atoms with Crippen LogP contribution in [0.4, 0.5) is 0 Å². The van der Waals surface area contributed by atoms with Crippen molar-refractivity contribution in [3.8, 4) is 17.2 Å². The van der Waals surface area contributed by atoms with E-state index in [1.54, 1.807) is 33.5 Å². The van der Waals surface area contributed by atoms with E-state index in [0.29, 0.717) is 30.1 Å². The number of aliphatic carboxylic acids is 1. The molecular formula is C16H25NO5. The van der Waals surface area contributed by atoms with Gasteiger partial charge in [-0.1, -0.05) is 6.92 Å². The molecule has 0 saturated heterocycles. The van der Waals surface area contributed by atoms with Crippen LogP contribution in [-0.4, -0.2) is 38.9 Å². The van der Waals surface area contributed by atoms with E-state index in [1.807, 2.05) is 6.92 Å². The van der Waals surface area contributed by atoms with Crippen molar-refractivity contribution in [3.63, 3.8) is 0 Å². The van der Waals surface area contributed by atoms with Crippen molar-refractivity contribution >= 4 is 5.97 Å². The molecule has 0 fully saturated rings. The average Bonchev–Trinajstić information content (AvgIpc) is 2.52. The van der Waals surface area contributed by atoms with Crippen LogP contribution in [0.3, 0.4) is 0 Å². The molecule has 0 bridgehead atoms. The Morgan fingerprint density at radius 2 is 1.73 bits per heavy atom. The summed E-state index contributed by atoms with van der Waals surface area (Å²) in [5.41, 5.74) is 6.42. The molecule has 2 atom stereocenters. The maximum atomic E-state index is 11.1. The van der Waals surface area contributed by atoms with Gasteiger partial charge in [-0.05, 0) is 18.8 Å². The van der Waals surface area contributed by atoms with E-state index in [2.05, 4.69) is 0 Å². The number of carbonyl (C=O) groups is 1. The first-order chi connectivity index (χ1) is 10.5. The molecule has 0 spiro atoms. The minimum absolute atomic E-state index is 0.126. The predicted octanol–water partition coefficient (Wildman–Crippen LogP) is 1.94. The van der Waals surface area contributed by atoms with Gasteiger partial charge in [0.05, 0.1) is 27.2 Å². The highest BCUT2D eigenvalue weighted by atomic mass is 16.5. The molecule has 3 N–H and O–H groups in total. The number of rotatable bonds is 9. The van der Waals surface area contributed by atoms with Gasteiger partial charge in [-0.15, -0.1) is 0 Å². The van der Waals surface area contributed by atoms with E-state index in [-0.39, 0.29) is 12.5 Å². The highest BCUT2D eigenvalue weighted by molar-refractivity contribution is 5.70. The Bertz CT molecular complexity index is 478. The van der Waals surface area contributed by atoms with E-state index in [0.717, 1.165) is 5.56 Å². The third-order valence-corrected chi connectivity index (χ3v) is 3.69. The second kappa shape index (κ2) is 8.48. The quantitative estimate of drug-likeness (QED) is 0.724. The number of hydrogen-bond acceptors (Lipinski definition) is 5. The number of methoxy groups -OCH3 is 3. The molecule has 0 aromatic heterocycles. The zero-order valence-corrected chi connectivity index (χ0v) is 13.6. The fourth-order valence-corrected chi connectivity index (χ4v) is 2.49. The predicted molar refractivity (Wildman–Crippen MR) is 83.8 cm³/mol. The molecule has 0 aliphatic rings. The number of benzene rings is 1. The summed E-state index contributed by atoms with van der Waals surface area (Å²) in [5, 5.41) is 9.11. The molecule has 0 saturated carbocycles. The van der Waals surface area contributed by atoms with Gasteiger partial charge < -0.3 is 25.1 Å². The van der Waals surface area contributed by atoms with Crippen LogP contribution in [-0.2, 0) is 11.2 Å². The SMILES string of the molecule is COc1cc(OC)c(CC(C)CC(CN)C(=O)O)c(OC)c1. The van der Waals surface area contributed by atoms with Crippen LogP contribution in [0.15, 0.2) is 12.1 Å². The van der Waals surface area contributed by atoms with Crippen LogP contribution in [0.5, 0.6) is 17.2 Å². The van der Waals surface area contributed by atoms with Gasteiger partial charge in [0.1, 0.15) is 17.2 Å². The minimum atomic E-state index is -0.858. The van der Waals surface area contributed by atoms with E-state index in [1.165, 1.54) is 0 Å². The van der Waals surface area contributed by atoms with E-state index in [4.69, 9.17) is 25.1 Å². The van der Waals surface area contributed by atoms with E-state index >= 15 is 0 Å². The highest BCUT2D eigenvalue weighted by Gasteiger charge is 2.22. The Hall–Kier alpha value is -1.95. The Labute approximate surface area is 131 Å². The van der Waals surface area contributed by atoms with Gasteiger partial charge >= 0.3 is 5.97 Å². The first-order valence-electron chi connectivity index (χ1n) is 7.18. The Morgan fingerprint density at radius 1 is 1.18 bits per heavy atom. The van der Waals surface area contributed by atoms with Crippen LogP contribution in [0, 0.1) is 11.8 Å². The topological polar surface area (TPSA) is 91.0 Å². The lowest BCUT2D eigenvalue weighted by Crippen LogP contribution is -2.25. The average molecular weight is 311 g/mol. The first kappa shape index (κ1) is 18.1. The molecular weight excluding hydrogens is 286 g/mol. The van der Waals surface area contributed by atoms with E-state index < -0.39 is 11.9 Å². The van der Waals surface area contributed by atoms with Crippen LogP contribution < -0.4 is 19.9 Å². The molecule has 0 aliphatic carbocycles. The summed E-state index contributed by atoms with van der Waals surface area (Å²) in [6.45, 7) is 2.13. The fraction of sp³-hybridized carbons (Fsp3) is 0.562. The van der Waals surface area contributed by atoms with Crippen molar-refractivity contribution in [1.82, 2.24) is 0 Å². The standard InChI is InChI=1S/C16H25NO5/c1-10(5-11(9-17)16(18)19)6-13-14(21-3)7-12(20-2)8-15(13)22-4/h7-8,10-11H,5-6,9,17H2,1-4H3,(H,18,19). The molecule has 0 amide bonds. The number of ether oxygens (including phenoxy) is 3. The summed E-state index contributed by atoms with van der Waals surface area (Å²) >= 11 is 0. The van der Waals surface area contributed by atoms with Crippen LogP contribution in [0.1, 0.15) is 18.9 Å². The fourth-order valence-electron chi connectivity index (χ4n) is 2.49. The summed E-state index contributed by atoms with van der Waals surface area (Å²) in [4.78, 5) is 11.1. The van der Waals surface area contributed by atoms with Crippen molar-refractivity contribution in [2.45, 2.75) is 19.8 Å². The largest absolute Gasteiger partial charge is 0.496 e. The molecule has 6 heteroatoms. The summed E-state index contributed by atoms with van der Waals surface area (Å²) in [5.74, 6) is 0.718. The number of carboxylic acid groups (broad SMARTS) is 1. The lowest BCUT2D eigenvalue weighted by molar-refractivity contribution is -0.141. The molecule has 0 heterocycles. The monoisotopic (exact) mass is 311 g/mol. The smallest absolute Gasteiger partial charge is 0.307 e. The van der Waals surface area contributed by atoms with Gasteiger partial charge in [0.15, 0.2) is 0 Å². The van der Waals surface area contributed by atoms with Gasteiger partial charge in [0.25, 0.3) is 0 Å². The van der Waals surface area contributed by atoms with Gasteiger partial charge in [0.2, 0.25) is 0 Å². The number of carboxylic acids is 1. The second-order valence-electron chi connectivity index (χ2n) is 5.33. The Kier molecular flexibility index (Phi) is 6.98. The molecule has 0 aliphatic heterocycles. The van der Waals surface area contributed by atoms with Crippen LogP contribution in [0.2, 0.25) is 0 Å². The highest BCUT2D eigenvalue weighted by Crippen LogP contribution is 2.36. The third kappa shape index (κ3) is 4.53. The summed E-state index contributed by atoms with van der Waals surface area (Å²) < 4.78 is 16.0. The van der Waals surface area contributed by atoms with Gasteiger partial charge in [-0.2, -0.15) is 0 Å². The first-order valence-corrected chi connectivity index (χ1v) is 7.18. The molecule has 1 aromatic carbocycles. The normalized spacial score (nSPS) is 13.3. The molecule has 0 radical (unpaired) electrons. The van der Waals surface area contributed by atoms with Crippen molar-refractivity contribution in [2.24, 2.45) is 17.6 Å². The second-order valence-corrected chi connectivity index (χ2v) is 5.33. The molecule has 22 heavy (non-hydrogen) atoms. The zero-order chi connectivity index (χ0) is 16.7. The zero-order valence-electron chi connectivity index (χ0n) is 13.6. The summed E-state index contributed by atoms with van der Waals surface area (Å²) in [7, 11) is 4.75. The van der Waals surface area contributed by atoms with Crippen LogP contribution in [0.25, 0.3) is 0 Å². The van der Waals surface area contributed by atoms with Crippen molar-refractivity contribution in [1.29, 1.82) is 0 Å². The van der Waals surface area contributed by atoms with Gasteiger partial charge in [0, 0.05) is 24.2 Å². The summed E-state index contributed by atoms with van der Waals surface area (Å²) in [6, 6.07) is 3.59. The maximum absolute atomic E-state index is 11.1. The lowest BCUT2D eigenvalue weighted by Gasteiger charge is -2.20. The molecule has 2 unspecified atom stereocenters. The third-order valence-electron chi connectivity index (χ3n) is 3.69. The molecule has 124 valence electrons. The lowest BCUT2D eigenvalue weighted by atomic mass is 9.90.